The molecular formula is C16H18N2O4. The number of nitrogens with one attached hydrogen (secondary N) is 2. The fourth-order valence-corrected chi connectivity index (χ4v) is 1.91. The van der Waals surface area contributed by atoms with E-state index < -0.39 is 6.09 Å². The molecule has 2 amide bonds. The molecule has 0 aliphatic rings. The Bertz CT molecular complexity index is 637. The Labute approximate surface area is 128 Å². The highest BCUT2D eigenvalue weighted by Gasteiger charge is 2.14. The number of hydrogen-bond donors (Lipinski definition) is 2. The first-order valence-corrected chi connectivity index (χ1v) is 6.98. The molecule has 0 radical (unpaired) electrons. The Kier molecular flexibility index (Phi) is 5.19. The molecule has 2 rings (SSSR count). The zero-order valence-corrected chi connectivity index (χ0v) is 12.5. The number of furan rings is 1. The van der Waals surface area contributed by atoms with E-state index in [-0.39, 0.29) is 18.6 Å². The summed E-state index contributed by atoms with van der Waals surface area (Å²) in [4.78, 5) is 23.6. The van der Waals surface area contributed by atoms with Gasteiger partial charge in [0, 0.05) is 11.3 Å². The normalized spacial score (nSPS) is 11.5. The molecule has 0 bridgehead atoms. The van der Waals surface area contributed by atoms with Crippen LogP contribution in [0, 0.1) is 0 Å². The van der Waals surface area contributed by atoms with E-state index in [1.807, 2.05) is 6.92 Å². The van der Waals surface area contributed by atoms with E-state index in [0.29, 0.717) is 17.0 Å². The van der Waals surface area contributed by atoms with Crippen LogP contribution in [-0.4, -0.2) is 18.6 Å². The topological polar surface area (TPSA) is 80.6 Å². The molecule has 0 unspecified atom stereocenters. The summed E-state index contributed by atoms with van der Waals surface area (Å²) in [5, 5.41) is 5.39. The van der Waals surface area contributed by atoms with Gasteiger partial charge in [-0.1, -0.05) is 6.07 Å². The van der Waals surface area contributed by atoms with Crippen molar-refractivity contribution >= 4 is 17.7 Å². The minimum Gasteiger partial charge on any atom is -0.467 e. The SMILES string of the molecule is CCOC(=O)Nc1cccc(C(=O)N[C@@H](C)c2ccco2)c1. The Balaban J connectivity index is 2.02. The third-order valence-electron chi connectivity index (χ3n) is 2.96. The van der Waals surface area contributed by atoms with Crippen LogP contribution in [0.5, 0.6) is 0 Å². The van der Waals surface area contributed by atoms with Gasteiger partial charge in [-0.2, -0.15) is 0 Å². The quantitative estimate of drug-likeness (QED) is 0.887. The van der Waals surface area contributed by atoms with Crippen LogP contribution in [0.25, 0.3) is 0 Å². The van der Waals surface area contributed by atoms with Crippen molar-refractivity contribution < 1.29 is 18.7 Å². The number of rotatable bonds is 5. The molecular weight excluding hydrogens is 284 g/mol. The predicted octanol–water partition coefficient (Wildman–Crippen LogP) is 3.34. The highest BCUT2D eigenvalue weighted by Crippen LogP contribution is 2.15. The second kappa shape index (κ2) is 7.31. The van der Waals surface area contributed by atoms with Gasteiger partial charge < -0.3 is 14.5 Å². The minimum atomic E-state index is -0.552. The molecule has 6 heteroatoms. The maximum Gasteiger partial charge on any atom is 0.411 e. The number of carbonyl (C=O) groups excluding carboxylic acids is 2. The van der Waals surface area contributed by atoms with Gasteiger partial charge in [0.15, 0.2) is 0 Å². The van der Waals surface area contributed by atoms with E-state index in [1.165, 1.54) is 0 Å². The van der Waals surface area contributed by atoms with Crippen molar-refractivity contribution in [1.29, 1.82) is 0 Å². The van der Waals surface area contributed by atoms with Crippen molar-refractivity contribution in [3.63, 3.8) is 0 Å². The van der Waals surface area contributed by atoms with Gasteiger partial charge in [0.25, 0.3) is 5.91 Å². The van der Waals surface area contributed by atoms with Gasteiger partial charge in [0.05, 0.1) is 18.9 Å². The van der Waals surface area contributed by atoms with Crippen molar-refractivity contribution in [2.24, 2.45) is 0 Å². The van der Waals surface area contributed by atoms with E-state index >= 15 is 0 Å². The van der Waals surface area contributed by atoms with Crippen LogP contribution in [0.4, 0.5) is 10.5 Å². The van der Waals surface area contributed by atoms with Gasteiger partial charge >= 0.3 is 6.09 Å². The van der Waals surface area contributed by atoms with Crippen molar-refractivity contribution in [2.45, 2.75) is 19.9 Å². The number of amides is 2. The van der Waals surface area contributed by atoms with Crippen LogP contribution in [0.15, 0.2) is 47.1 Å². The van der Waals surface area contributed by atoms with Gasteiger partial charge in [-0.25, -0.2) is 4.79 Å². The third kappa shape index (κ3) is 4.12. The number of hydrogen-bond acceptors (Lipinski definition) is 4. The molecule has 0 saturated heterocycles. The minimum absolute atomic E-state index is 0.246. The average molecular weight is 302 g/mol. The van der Waals surface area contributed by atoms with Gasteiger partial charge in [-0.15, -0.1) is 0 Å². The van der Waals surface area contributed by atoms with Crippen molar-refractivity contribution in [3.8, 4) is 0 Å². The summed E-state index contributed by atoms with van der Waals surface area (Å²) < 4.78 is 10.0. The molecule has 0 spiro atoms. The molecule has 116 valence electrons. The lowest BCUT2D eigenvalue weighted by Gasteiger charge is -2.12. The summed E-state index contributed by atoms with van der Waals surface area (Å²) in [6.45, 7) is 3.84. The zero-order chi connectivity index (χ0) is 15.9. The fraction of sp³-hybridized carbons (Fsp3) is 0.250. The Morgan fingerprint density at radius 1 is 1.27 bits per heavy atom. The molecule has 0 aliphatic heterocycles. The summed E-state index contributed by atoms with van der Waals surface area (Å²) in [6, 6.07) is 9.94. The van der Waals surface area contributed by atoms with Gasteiger partial charge in [0.2, 0.25) is 0 Å². The number of ether oxygens (including phenoxy) is 1. The molecule has 0 fully saturated rings. The van der Waals surface area contributed by atoms with E-state index in [1.54, 1.807) is 49.6 Å². The summed E-state index contributed by atoms with van der Waals surface area (Å²) in [5.74, 6) is 0.422. The van der Waals surface area contributed by atoms with Crippen molar-refractivity contribution in [2.75, 3.05) is 11.9 Å². The molecule has 2 N–H and O–H groups in total. The van der Waals surface area contributed by atoms with Crippen molar-refractivity contribution in [1.82, 2.24) is 5.32 Å². The molecule has 22 heavy (non-hydrogen) atoms. The summed E-state index contributed by atoms with van der Waals surface area (Å²) >= 11 is 0. The Hall–Kier alpha value is -2.76. The van der Waals surface area contributed by atoms with Crippen LogP contribution in [0.1, 0.15) is 36.0 Å². The zero-order valence-electron chi connectivity index (χ0n) is 12.5. The second-order valence-corrected chi connectivity index (χ2v) is 4.64. The largest absolute Gasteiger partial charge is 0.467 e. The smallest absolute Gasteiger partial charge is 0.411 e. The molecule has 1 aromatic carbocycles. The van der Waals surface area contributed by atoms with E-state index in [0.717, 1.165) is 0 Å². The first-order chi connectivity index (χ1) is 10.6. The van der Waals surface area contributed by atoms with Crippen LogP contribution >= 0.6 is 0 Å². The maximum absolute atomic E-state index is 12.2. The van der Waals surface area contributed by atoms with Crippen LogP contribution in [0.3, 0.4) is 0 Å². The maximum atomic E-state index is 12.2. The molecule has 6 nitrogen and oxygen atoms in total. The molecule has 1 aromatic heterocycles. The Morgan fingerprint density at radius 3 is 2.77 bits per heavy atom. The standard InChI is InChI=1S/C16H18N2O4/c1-3-21-16(20)18-13-7-4-6-12(10-13)15(19)17-11(2)14-8-5-9-22-14/h4-11H,3H2,1-2H3,(H,17,19)(H,18,20)/t11-/m0/s1. The van der Waals surface area contributed by atoms with E-state index in [4.69, 9.17) is 9.15 Å². The number of benzene rings is 1. The van der Waals surface area contributed by atoms with Gasteiger partial charge in [0.1, 0.15) is 5.76 Å². The first-order valence-electron chi connectivity index (χ1n) is 6.98. The van der Waals surface area contributed by atoms with Gasteiger partial charge in [-0.05, 0) is 44.2 Å². The average Bonchev–Trinajstić information content (AvgIpc) is 3.02. The van der Waals surface area contributed by atoms with E-state index in [2.05, 4.69) is 10.6 Å². The molecule has 2 aromatic rings. The second-order valence-electron chi connectivity index (χ2n) is 4.64. The summed E-state index contributed by atoms with van der Waals surface area (Å²) in [6.07, 6.45) is 1.01. The highest BCUT2D eigenvalue weighted by atomic mass is 16.5. The molecule has 1 atom stereocenters. The Morgan fingerprint density at radius 2 is 2.09 bits per heavy atom. The predicted molar refractivity (Wildman–Crippen MR) is 81.7 cm³/mol. The molecule has 0 saturated carbocycles. The van der Waals surface area contributed by atoms with Crippen LogP contribution in [-0.2, 0) is 4.74 Å². The van der Waals surface area contributed by atoms with Gasteiger partial charge in [-0.3, -0.25) is 10.1 Å². The third-order valence-corrected chi connectivity index (χ3v) is 2.96. The monoisotopic (exact) mass is 302 g/mol. The fourth-order valence-electron chi connectivity index (χ4n) is 1.91. The molecule has 0 aliphatic carbocycles. The lowest BCUT2D eigenvalue weighted by molar-refractivity contribution is 0.0935. The summed E-state index contributed by atoms with van der Waals surface area (Å²) in [5.41, 5.74) is 0.935. The van der Waals surface area contributed by atoms with Crippen LogP contribution in [0.2, 0.25) is 0 Å². The summed E-state index contributed by atoms with van der Waals surface area (Å²) in [7, 11) is 0. The highest BCUT2D eigenvalue weighted by molar-refractivity contribution is 5.96. The van der Waals surface area contributed by atoms with E-state index in [9.17, 15) is 9.59 Å². The molecule has 1 heterocycles. The first kappa shape index (κ1) is 15.6. The van der Waals surface area contributed by atoms with Crippen molar-refractivity contribution in [3.05, 3.63) is 54.0 Å². The lowest BCUT2D eigenvalue weighted by atomic mass is 10.1. The lowest BCUT2D eigenvalue weighted by Crippen LogP contribution is -2.26. The number of anilines is 1. The number of carbonyl (C=O) groups is 2. The van der Waals surface area contributed by atoms with Crippen LogP contribution < -0.4 is 10.6 Å².